The maximum atomic E-state index is 11.9. The lowest BCUT2D eigenvalue weighted by Crippen LogP contribution is -2.55. The minimum absolute atomic E-state index is 0.128. The van der Waals surface area contributed by atoms with Crippen LogP contribution in [0.15, 0.2) is 0 Å². The Morgan fingerprint density at radius 2 is 2.17 bits per heavy atom. The molecule has 5 nitrogen and oxygen atoms in total. The van der Waals surface area contributed by atoms with Gasteiger partial charge in [-0.3, -0.25) is 9.59 Å². The van der Waals surface area contributed by atoms with E-state index in [9.17, 15) is 14.7 Å². The van der Waals surface area contributed by atoms with E-state index < -0.39 is 17.6 Å². The highest BCUT2D eigenvalue weighted by Crippen LogP contribution is 2.45. The van der Waals surface area contributed by atoms with Crippen LogP contribution in [0.3, 0.4) is 0 Å². The van der Waals surface area contributed by atoms with Crippen LogP contribution in [0.25, 0.3) is 0 Å². The van der Waals surface area contributed by atoms with Gasteiger partial charge in [0, 0.05) is 13.0 Å². The summed E-state index contributed by atoms with van der Waals surface area (Å²) in [7, 11) is 0. The number of amides is 1. The van der Waals surface area contributed by atoms with Crippen LogP contribution < -0.4 is 0 Å². The molecule has 100 valence electrons. The van der Waals surface area contributed by atoms with E-state index in [0.29, 0.717) is 19.3 Å². The van der Waals surface area contributed by atoms with Crippen molar-refractivity contribution in [3.8, 4) is 0 Å². The highest BCUT2D eigenvalue weighted by atomic mass is 16.6. The molecule has 5 heteroatoms. The molecule has 0 saturated carbocycles. The van der Waals surface area contributed by atoms with E-state index in [4.69, 9.17) is 4.74 Å². The third-order valence-corrected chi connectivity index (χ3v) is 4.75. The van der Waals surface area contributed by atoms with Crippen LogP contribution in [0, 0.1) is 5.92 Å². The minimum Gasteiger partial charge on any atom is -0.454 e. The molecule has 3 aliphatic rings. The SMILES string of the molecule is C[C@@H]1C(=O)O[C@@]2(CCCCN3C(=O)CC[C@H]32)[C@H]1O. The number of ether oxygens (including phenoxy) is 1. The van der Waals surface area contributed by atoms with E-state index in [1.54, 1.807) is 6.92 Å². The van der Waals surface area contributed by atoms with E-state index in [-0.39, 0.29) is 17.9 Å². The Kier molecular flexibility index (Phi) is 2.62. The molecule has 0 aromatic carbocycles. The van der Waals surface area contributed by atoms with Crippen LogP contribution in [0.5, 0.6) is 0 Å². The molecule has 3 aliphatic heterocycles. The molecular weight excluding hydrogens is 234 g/mol. The first kappa shape index (κ1) is 12.0. The maximum absolute atomic E-state index is 11.9. The summed E-state index contributed by atoms with van der Waals surface area (Å²) in [4.78, 5) is 25.5. The van der Waals surface area contributed by atoms with Crippen molar-refractivity contribution >= 4 is 11.9 Å². The number of fused-ring (bicyclic) bond motifs is 2. The minimum atomic E-state index is -0.848. The van der Waals surface area contributed by atoms with Gasteiger partial charge in [-0.25, -0.2) is 0 Å². The molecule has 1 N–H and O–H groups in total. The van der Waals surface area contributed by atoms with Gasteiger partial charge >= 0.3 is 5.97 Å². The molecule has 3 fully saturated rings. The maximum Gasteiger partial charge on any atom is 0.312 e. The summed E-state index contributed by atoms with van der Waals surface area (Å²) in [6.45, 7) is 2.43. The Labute approximate surface area is 106 Å². The van der Waals surface area contributed by atoms with Crippen LogP contribution in [-0.2, 0) is 14.3 Å². The Morgan fingerprint density at radius 3 is 2.83 bits per heavy atom. The van der Waals surface area contributed by atoms with Crippen LogP contribution in [0.1, 0.15) is 39.0 Å². The molecule has 1 amide bonds. The topological polar surface area (TPSA) is 66.8 Å². The number of nitrogens with zero attached hydrogens (tertiary/aromatic N) is 1. The molecule has 3 rings (SSSR count). The van der Waals surface area contributed by atoms with Crippen molar-refractivity contribution in [3.63, 3.8) is 0 Å². The molecule has 4 atom stereocenters. The van der Waals surface area contributed by atoms with Crippen LogP contribution in [0.4, 0.5) is 0 Å². The summed E-state index contributed by atoms with van der Waals surface area (Å²) < 4.78 is 5.57. The fourth-order valence-corrected chi connectivity index (χ4v) is 3.73. The summed E-state index contributed by atoms with van der Waals surface area (Å²) in [5.74, 6) is -0.687. The molecule has 0 aromatic rings. The number of hydrogen-bond acceptors (Lipinski definition) is 4. The number of rotatable bonds is 0. The Bertz CT molecular complexity index is 396. The number of carbonyl (C=O) groups is 2. The molecule has 0 aliphatic carbocycles. The molecular formula is C13H19NO4. The van der Waals surface area contributed by atoms with Gasteiger partial charge in [0.15, 0.2) is 5.60 Å². The number of aliphatic hydroxyl groups is 1. The second-order valence-corrected chi connectivity index (χ2v) is 5.71. The van der Waals surface area contributed by atoms with E-state index in [1.807, 2.05) is 4.90 Å². The summed E-state index contributed by atoms with van der Waals surface area (Å²) in [5.41, 5.74) is -0.848. The molecule has 0 bridgehead atoms. The van der Waals surface area contributed by atoms with Gasteiger partial charge in [0.2, 0.25) is 5.91 Å². The standard InChI is InChI=1S/C13H19NO4/c1-8-11(16)13(18-12(8)17)6-2-3-7-14-9(13)4-5-10(14)15/h8-9,11,16H,2-7H2,1H3/t8-,9-,11-,13+/m0/s1. The van der Waals surface area contributed by atoms with E-state index in [2.05, 4.69) is 0 Å². The largest absolute Gasteiger partial charge is 0.454 e. The fraction of sp³-hybridized carbons (Fsp3) is 0.846. The number of esters is 1. The van der Waals surface area contributed by atoms with Gasteiger partial charge in [-0.2, -0.15) is 0 Å². The van der Waals surface area contributed by atoms with Gasteiger partial charge in [0.25, 0.3) is 0 Å². The molecule has 0 aromatic heterocycles. The lowest BCUT2D eigenvalue weighted by Gasteiger charge is -2.39. The van der Waals surface area contributed by atoms with Crippen LogP contribution in [-0.4, -0.2) is 46.2 Å². The second kappa shape index (κ2) is 3.95. The van der Waals surface area contributed by atoms with E-state index in [1.165, 1.54) is 0 Å². The Morgan fingerprint density at radius 1 is 1.39 bits per heavy atom. The summed E-state index contributed by atoms with van der Waals surface area (Å²) in [6, 6.07) is -0.128. The van der Waals surface area contributed by atoms with Crippen molar-refractivity contribution in [1.82, 2.24) is 4.90 Å². The summed E-state index contributed by atoms with van der Waals surface area (Å²) in [5, 5.41) is 10.4. The zero-order valence-corrected chi connectivity index (χ0v) is 10.6. The van der Waals surface area contributed by atoms with Gasteiger partial charge in [-0.05, 0) is 32.6 Å². The van der Waals surface area contributed by atoms with E-state index in [0.717, 1.165) is 19.4 Å². The molecule has 3 heterocycles. The zero-order valence-electron chi connectivity index (χ0n) is 10.6. The first-order valence-electron chi connectivity index (χ1n) is 6.76. The average molecular weight is 253 g/mol. The van der Waals surface area contributed by atoms with Gasteiger partial charge < -0.3 is 14.7 Å². The van der Waals surface area contributed by atoms with Crippen molar-refractivity contribution in [3.05, 3.63) is 0 Å². The lowest BCUT2D eigenvalue weighted by atomic mass is 9.80. The Balaban J connectivity index is 1.99. The first-order chi connectivity index (χ1) is 8.56. The average Bonchev–Trinajstić information content (AvgIpc) is 2.73. The highest BCUT2D eigenvalue weighted by Gasteiger charge is 2.61. The van der Waals surface area contributed by atoms with Crippen molar-refractivity contribution in [1.29, 1.82) is 0 Å². The van der Waals surface area contributed by atoms with Gasteiger partial charge in [-0.1, -0.05) is 0 Å². The molecule has 0 radical (unpaired) electrons. The summed E-state index contributed by atoms with van der Waals surface area (Å²) >= 11 is 0. The Hall–Kier alpha value is -1.10. The molecule has 3 saturated heterocycles. The van der Waals surface area contributed by atoms with Crippen LogP contribution in [0.2, 0.25) is 0 Å². The summed E-state index contributed by atoms with van der Waals surface area (Å²) in [6.07, 6.45) is 2.88. The monoisotopic (exact) mass is 253 g/mol. The molecule has 18 heavy (non-hydrogen) atoms. The van der Waals surface area contributed by atoms with Gasteiger partial charge in [0.1, 0.15) is 6.10 Å². The van der Waals surface area contributed by atoms with E-state index >= 15 is 0 Å². The molecule has 0 unspecified atom stereocenters. The predicted molar refractivity (Wildman–Crippen MR) is 62.6 cm³/mol. The lowest BCUT2D eigenvalue weighted by molar-refractivity contribution is -0.161. The first-order valence-corrected chi connectivity index (χ1v) is 6.76. The number of carbonyl (C=O) groups excluding carboxylic acids is 2. The van der Waals surface area contributed by atoms with Gasteiger partial charge in [-0.15, -0.1) is 0 Å². The third kappa shape index (κ3) is 1.43. The van der Waals surface area contributed by atoms with Crippen molar-refractivity contribution in [2.24, 2.45) is 5.92 Å². The smallest absolute Gasteiger partial charge is 0.312 e. The zero-order chi connectivity index (χ0) is 12.9. The van der Waals surface area contributed by atoms with Gasteiger partial charge in [0.05, 0.1) is 12.0 Å². The normalized spacial score (nSPS) is 44.1. The highest BCUT2D eigenvalue weighted by molar-refractivity contribution is 5.80. The fourth-order valence-electron chi connectivity index (χ4n) is 3.73. The van der Waals surface area contributed by atoms with Crippen LogP contribution >= 0.6 is 0 Å². The number of aliphatic hydroxyl groups excluding tert-OH is 1. The van der Waals surface area contributed by atoms with Crippen molar-refractivity contribution in [2.45, 2.75) is 56.8 Å². The second-order valence-electron chi connectivity index (χ2n) is 5.71. The number of hydrogen-bond donors (Lipinski definition) is 1. The third-order valence-electron chi connectivity index (χ3n) is 4.75. The van der Waals surface area contributed by atoms with Crippen molar-refractivity contribution in [2.75, 3.05) is 6.54 Å². The molecule has 1 spiro atoms. The van der Waals surface area contributed by atoms with Crippen molar-refractivity contribution < 1.29 is 19.4 Å². The quantitative estimate of drug-likeness (QED) is 0.637. The predicted octanol–water partition coefficient (Wildman–Crippen LogP) is 0.454.